The molecule has 1 aromatic carbocycles. The Hall–Kier alpha value is -2.69. The number of nitrogens with one attached hydrogen (secondary N) is 2. The molecule has 7 heteroatoms. The summed E-state index contributed by atoms with van der Waals surface area (Å²) in [5.74, 6) is -0.933. The third kappa shape index (κ3) is 6.70. The Kier molecular flexibility index (Phi) is 8.84. The van der Waals surface area contributed by atoms with Crippen LogP contribution in [-0.4, -0.2) is 48.4 Å². The van der Waals surface area contributed by atoms with E-state index in [2.05, 4.69) is 29.4 Å². The molecule has 0 aromatic heterocycles. The minimum Gasteiger partial charge on any atom is -0.366 e. The molecule has 29 heavy (non-hydrogen) atoms. The maximum atomic E-state index is 12.1. The van der Waals surface area contributed by atoms with Gasteiger partial charge in [-0.3, -0.25) is 9.59 Å². The van der Waals surface area contributed by atoms with Crippen molar-refractivity contribution in [3.05, 3.63) is 41.5 Å². The lowest BCUT2D eigenvalue weighted by molar-refractivity contribution is -0.111. The van der Waals surface area contributed by atoms with Crippen LogP contribution in [0.15, 0.2) is 30.4 Å². The van der Waals surface area contributed by atoms with Crippen molar-refractivity contribution < 1.29 is 9.59 Å². The second kappa shape index (κ2) is 11.3. The van der Waals surface area contributed by atoms with Crippen molar-refractivity contribution in [2.24, 2.45) is 5.73 Å². The Morgan fingerprint density at radius 3 is 2.52 bits per heavy atom. The number of hydrogen-bond acceptors (Lipinski definition) is 5. The van der Waals surface area contributed by atoms with Crippen LogP contribution in [0.1, 0.15) is 55.5 Å². The van der Waals surface area contributed by atoms with Crippen molar-refractivity contribution in [2.45, 2.75) is 51.6 Å². The summed E-state index contributed by atoms with van der Waals surface area (Å²) in [5.41, 5.74) is 6.00. The first kappa shape index (κ1) is 22.6. The van der Waals surface area contributed by atoms with Crippen molar-refractivity contribution in [2.75, 3.05) is 25.0 Å². The average Bonchev–Trinajstić information content (AvgIpc) is 2.73. The van der Waals surface area contributed by atoms with E-state index < -0.39 is 5.91 Å². The van der Waals surface area contributed by atoms with Gasteiger partial charge in [0.25, 0.3) is 0 Å². The number of benzene rings is 1. The maximum Gasteiger partial charge on any atom is 0.248 e. The fourth-order valence-electron chi connectivity index (χ4n) is 3.86. The molecule has 7 nitrogen and oxygen atoms in total. The lowest BCUT2D eigenvalue weighted by atomic mass is 9.90. The predicted molar refractivity (Wildman–Crippen MR) is 114 cm³/mol. The highest BCUT2D eigenvalue weighted by Crippen LogP contribution is 2.23. The number of rotatable bonds is 9. The lowest BCUT2D eigenvalue weighted by Gasteiger charge is -2.36. The van der Waals surface area contributed by atoms with E-state index in [1.54, 1.807) is 6.08 Å². The highest BCUT2D eigenvalue weighted by Gasteiger charge is 2.23. The molecular weight excluding hydrogens is 366 g/mol. The zero-order valence-corrected chi connectivity index (χ0v) is 17.3. The molecular formula is C22H31N5O2. The normalized spacial score (nSPS) is 19.2. The molecule has 0 bridgehead atoms. The van der Waals surface area contributed by atoms with E-state index in [9.17, 15) is 14.9 Å². The van der Waals surface area contributed by atoms with E-state index in [1.165, 1.54) is 37.1 Å². The van der Waals surface area contributed by atoms with Gasteiger partial charge in [-0.2, -0.15) is 5.26 Å². The monoisotopic (exact) mass is 397 g/mol. The van der Waals surface area contributed by atoms with Gasteiger partial charge in [0, 0.05) is 30.3 Å². The van der Waals surface area contributed by atoms with E-state index in [1.807, 2.05) is 6.07 Å². The summed E-state index contributed by atoms with van der Waals surface area (Å²) in [6.45, 7) is 7.27. The highest BCUT2D eigenvalue weighted by atomic mass is 16.1. The summed E-state index contributed by atoms with van der Waals surface area (Å²) in [5, 5.41) is 15.3. The lowest BCUT2D eigenvalue weighted by Crippen LogP contribution is -2.42. The molecule has 0 aliphatic heterocycles. The molecule has 1 fully saturated rings. The molecule has 1 aliphatic carbocycles. The molecule has 2 rings (SSSR count). The van der Waals surface area contributed by atoms with Gasteiger partial charge in [-0.15, -0.1) is 0 Å². The molecule has 1 aromatic rings. The largest absolute Gasteiger partial charge is 0.366 e. The van der Waals surface area contributed by atoms with Crippen molar-refractivity contribution in [1.29, 1.82) is 5.26 Å². The molecule has 0 atom stereocenters. The maximum absolute atomic E-state index is 12.1. The summed E-state index contributed by atoms with van der Waals surface area (Å²) >= 11 is 0. The Balaban J connectivity index is 1.77. The SMILES string of the molecule is CCN(CC)C1CCC(NC/C=C/C(=O)Nc2ccc(C(N)=O)cc2C#N)CC1. The van der Waals surface area contributed by atoms with Crippen molar-refractivity contribution in [3.63, 3.8) is 0 Å². The standard InChI is InChI=1S/C22H31N5O2/c1-3-27(4-2)19-10-8-18(9-11-19)25-13-5-6-21(28)26-20-12-7-16(22(24)29)14-17(20)15-23/h5-7,12,14,18-19,25H,3-4,8-11,13H2,1-2H3,(H2,24,29)(H,26,28)/b6-5+. The van der Waals surface area contributed by atoms with E-state index in [4.69, 9.17) is 5.73 Å². The van der Waals surface area contributed by atoms with Gasteiger partial charge < -0.3 is 21.3 Å². The third-order valence-corrected chi connectivity index (χ3v) is 5.50. The zero-order valence-electron chi connectivity index (χ0n) is 17.3. The Morgan fingerprint density at radius 2 is 1.93 bits per heavy atom. The van der Waals surface area contributed by atoms with Gasteiger partial charge in [0.1, 0.15) is 6.07 Å². The van der Waals surface area contributed by atoms with Gasteiger partial charge in [-0.25, -0.2) is 0 Å². The number of nitrogens with two attached hydrogens (primary N) is 1. The molecule has 0 spiro atoms. The van der Waals surface area contributed by atoms with Gasteiger partial charge in [-0.1, -0.05) is 19.9 Å². The fourth-order valence-corrected chi connectivity index (χ4v) is 3.86. The summed E-state index contributed by atoms with van der Waals surface area (Å²) in [6, 6.07) is 7.51. The van der Waals surface area contributed by atoms with Crippen LogP contribution in [-0.2, 0) is 4.79 Å². The first-order valence-corrected chi connectivity index (χ1v) is 10.3. The van der Waals surface area contributed by atoms with E-state index in [-0.39, 0.29) is 17.0 Å². The Labute approximate surface area is 172 Å². The van der Waals surface area contributed by atoms with Gasteiger partial charge >= 0.3 is 0 Å². The minimum atomic E-state index is -0.614. The van der Waals surface area contributed by atoms with Gasteiger partial charge in [0.2, 0.25) is 11.8 Å². The molecule has 2 amide bonds. The molecule has 0 unspecified atom stereocenters. The quantitative estimate of drug-likeness (QED) is 0.554. The summed E-state index contributed by atoms with van der Waals surface area (Å²) in [7, 11) is 0. The van der Waals surface area contributed by atoms with Gasteiger partial charge in [0.15, 0.2) is 0 Å². The number of nitrogens with zero attached hydrogens (tertiary/aromatic N) is 2. The second-order valence-electron chi connectivity index (χ2n) is 7.26. The topological polar surface area (TPSA) is 111 Å². The zero-order chi connectivity index (χ0) is 21.2. The van der Waals surface area contributed by atoms with Crippen LogP contribution in [0.25, 0.3) is 0 Å². The van der Waals surface area contributed by atoms with E-state index in [0.29, 0.717) is 24.3 Å². The van der Waals surface area contributed by atoms with Crippen molar-refractivity contribution >= 4 is 17.5 Å². The highest BCUT2D eigenvalue weighted by molar-refractivity contribution is 6.01. The molecule has 1 saturated carbocycles. The van der Waals surface area contributed by atoms with Crippen LogP contribution in [0, 0.1) is 11.3 Å². The van der Waals surface area contributed by atoms with Crippen LogP contribution >= 0.6 is 0 Å². The average molecular weight is 398 g/mol. The van der Waals surface area contributed by atoms with Crippen LogP contribution in [0.5, 0.6) is 0 Å². The first-order valence-electron chi connectivity index (χ1n) is 10.3. The minimum absolute atomic E-state index is 0.200. The van der Waals surface area contributed by atoms with Crippen molar-refractivity contribution in [1.82, 2.24) is 10.2 Å². The number of nitriles is 1. The number of anilines is 1. The number of carbonyl (C=O) groups is 2. The van der Waals surface area contributed by atoms with Crippen LogP contribution in [0.4, 0.5) is 5.69 Å². The molecule has 156 valence electrons. The molecule has 0 heterocycles. The molecule has 1 aliphatic rings. The molecule has 4 N–H and O–H groups in total. The van der Waals surface area contributed by atoms with Crippen LogP contribution in [0.2, 0.25) is 0 Å². The van der Waals surface area contributed by atoms with E-state index in [0.717, 1.165) is 25.9 Å². The van der Waals surface area contributed by atoms with Crippen molar-refractivity contribution in [3.8, 4) is 6.07 Å². The molecule has 0 radical (unpaired) electrons. The third-order valence-electron chi connectivity index (χ3n) is 5.50. The fraction of sp³-hybridized carbons (Fsp3) is 0.500. The van der Waals surface area contributed by atoms with Gasteiger partial charge in [-0.05, 0) is 57.0 Å². The Morgan fingerprint density at radius 1 is 1.24 bits per heavy atom. The number of hydrogen-bond donors (Lipinski definition) is 3. The summed E-state index contributed by atoms with van der Waals surface area (Å²) < 4.78 is 0. The number of amides is 2. The summed E-state index contributed by atoms with van der Waals surface area (Å²) in [6.07, 6.45) is 7.97. The number of carbonyl (C=O) groups excluding carboxylic acids is 2. The Bertz CT molecular complexity index is 772. The molecule has 0 saturated heterocycles. The van der Waals surface area contributed by atoms with Gasteiger partial charge in [0.05, 0.1) is 11.3 Å². The van der Waals surface area contributed by atoms with Crippen LogP contribution in [0.3, 0.4) is 0 Å². The predicted octanol–water partition coefficient (Wildman–Crippen LogP) is 2.39. The smallest absolute Gasteiger partial charge is 0.248 e. The number of primary amides is 1. The second-order valence-corrected chi connectivity index (χ2v) is 7.26. The summed E-state index contributed by atoms with van der Waals surface area (Å²) in [4.78, 5) is 25.8. The van der Waals surface area contributed by atoms with Crippen LogP contribution < -0.4 is 16.4 Å². The van der Waals surface area contributed by atoms with E-state index >= 15 is 0 Å². The first-order chi connectivity index (χ1) is 14.0.